The molecule has 0 aliphatic heterocycles. The Bertz CT molecular complexity index is 1170. The van der Waals surface area contributed by atoms with Gasteiger partial charge in [0.05, 0.1) is 0 Å². The molecule has 1 aromatic heterocycles. The van der Waals surface area contributed by atoms with E-state index in [4.69, 9.17) is 0 Å². The first-order valence-electron chi connectivity index (χ1n) is 13.4. The Hall–Kier alpha value is -3.08. The van der Waals surface area contributed by atoms with E-state index in [1.807, 2.05) is 42.5 Å². The highest BCUT2D eigenvalue weighted by atomic mass is 16.2. The minimum atomic E-state index is 0.120. The molecule has 2 aromatic carbocycles. The summed E-state index contributed by atoms with van der Waals surface area (Å²) in [7, 11) is 0. The van der Waals surface area contributed by atoms with E-state index in [0.717, 1.165) is 78.5 Å². The van der Waals surface area contributed by atoms with Crippen molar-refractivity contribution in [2.24, 2.45) is 17.8 Å². The fourth-order valence-corrected chi connectivity index (χ4v) is 5.83. The third kappa shape index (κ3) is 5.61. The van der Waals surface area contributed by atoms with E-state index >= 15 is 0 Å². The van der Waals surface area contributed by atoms with Crippen molar-refractivity contribution in [3.05, 3.63) is 48.5 Å². The van der Waals surface area contributed by atoms with Crippen molar-refractivity contribution >= 4 is 34.1 Å². The van der Waals surface area contributed by atoms with Gasteiger partial charge in [0.1, 0.15) is 0 Å². The predicted octanol–water partition coefficient (Wildman–Crippen LogP) is 7.51. The van der Waals surface area contributed by atoms with E-state index in [-0.39, 0.29) is 23.7 Å². The van der Waals surface area contributed by atoms with Crippen LogP contribution in [0.3, 0.4) is 0 Å². The molecule has 3 aromatic rings. The lowest BCUT2D eigenvalue weighted by Gasteiger charge is -2.27. The molecular weight excluding hydrogens is 434 g/mol. The second-order valence-corrected chi connectivity index (χ2v) is 10.6. The number of benzene rings is 2. The second-order valence-electron chi connectivity index (χ2n) is 10.6. The van der Waals surface area contributed by atoms with Crippen molar-refractivity contribution in [1.82, 2.24) is 4.98 Å². The standard InChI is InChI=1S/C30H37N3O2/c1-20-8-6-7-11-26(20)30(35)31-24-14-12-21(13-15-24)28-19-23-18-25(16-17-27(23)33-28)32-29(34)22-9-4-2-3-5-10-22/h12-20,22,26,33H,2-11H2,1H3,(H,31,35)(H,32,34). The lowest BCUT2D eigenvalue weighted by atomic mass is 9.80. The van der Waals surface area contributed by atoms with Gasteiger partial charge in [-0.05, 0) is 73.6 Å². The number of H-pyrrole nitrogens is 1. The summed E-state index contributed by atoms with van der Waals surface area (Å²) in [6.07, 6.45) is 11.3. The third-order valence-electron chi connectivity index (χ3n) is 8.03. The van der Waals surface area contributed by atoms with Gasteiger partial charge >= 0.3 is 0 Å². The van der Waals surface area contributed by atoms with E-state index < -0.39 is 0 Å². The fraction of sp³-hybridized carbons (Fsp3) is 0.467. The van der Waals surface area contributed by atoms with Crippen molar-refractivity contribution in [3.8, 4) is 11.3 Å². The number of anilines is 2. The van der Waals surface area contributed by atoms with Crippen molar-refractivity contribution < 1.29 is 9.59 Å². The highest BCUT2D eigenvalue weighted by molar-refractivity contribution is 5.96. The van der Waals surface area contributed by atoms with Crippen LogP contribution in [0.15, 0.2) is 48.5 Å². The molecule has 2 fully saturated rings. The van der Waals surface area contributed by atoms with Crippen LogP contribution in [0.25, 0.3) is 22.2 Å². The maximum absolute atomic E-state index is 12.8. The monoisotopic (exact) mass is 471 g/mol. The van der Waals surface area contributed by atoms with E-state index in [0.29, 0.717) is 5.92 Å². The Kier molecular flexibility index (Phi) is 7.21. The van der Waals surface area contributed by atoms with Crippen molar-refractivity contribution in [3.63, 3.8) is 0 Å². The molecular formula is C30H37N3O2. The van der Waals surface area contributed by atoms with Crippen LogP contribution in [0, 0.1) is 17.8 Å². The topological polar surface area (TPSA) is 74.0 Å². The summed E-state index contributed by atoms with van der Waals surface area (Å²) in [5.41, 5.74) is 4.82. The smallest absolute Gasteiger partial charge is 0.227 e. The molecule has 0 radical (unpaired) electrons. The summed E-state index contributed by atoms with van der Waals surface area (Å²) < 4.78 is 0. The number of hydrogen-bond acceptors (Lipinski definition) is 2. The number of fused-ring (bicyclic) bond motifs is 1. The van der Waals surface area contributed by atoms with Gasteiger partial charge in [0, 0.05) is 39.8 Å². The zero-order chi connectivity index (χ0) is 24.2. The zero-order valence-corrected chi connectivity index (χ0v) is 20.7. The summed E-state index contributed by atoms with van der Waals surface area (Å²) in [5.74, 6) is 1.01. The lowest BCUT2D eigenvalue weighted by Crippen LogP contribution is -2.30. The van der Waals surface area contributed by atoms with E-state index in [9.17, 15) is 9.59 Å². The number of carbonyl (C=O) groups is 2. The first kappa shape index (κ1) is 23.7. The van der Waals surface area contributed by atoms with Gasteiger partial charge < -0.3 is 15.6 Å². The van der Waals surface area contributed by atoms with Gasteiger partial charge in [0.15, 0.2) is 0 Å². The van der Waals surface area contributed by atoms with Crippen LogP contribution in [0.2, 0.25) is 0 Å². The molecule has 0 spiro atoms. The number of hydrogen-bond donors (Lipinski definition) is 3. The lowest BCUT2D eigenvalue weighted by molar-refractivity contribution is -0.122. The van der Waals surface area contributed by atoms with Crippen LogP contribution >= 0.6 is 0 Å². The third-order valence-corrected chi connectivity index (χ3v) is 8.03. The fourth-order valence-electron chi connectivity index (χ4n) is 5.83. The Labute approximate surface area is 208 Å². The molecule has 5 nitrogen and oxygen atoms in total. The largest absolute Gasteiger partial charge is 0.355 e. The maximum atomic E-state index is 12.8. The molecule has 0 bridgehead atoms. The Balaban J connectivity index is 1.25. The summed E-state index contributed by atoms with van der Waals surface area (Å²) in [5, 5.41) is 7.33. The molecule has 2 aliphatic rings. The Morgan fingerprint density at radius 1 is 0.743 bits per heavy atom. The number of nitrogens with one attached hydrogen (secondary N) is 3. The zero-order valence-electron chi connectivity index (χ0n) is 20.7. The molecule has 5 rings (SSSR count). The van der Waals surface area contributed by atoms with Gasteiger partial charge in [0.2, 0.25) is 11.8 Å². The molecule has 35 heavy (non-hydrogen) atoms. The molecule has 0 saturated heterocycles. The van der Waals surface area contributed by atoms with E-state index in [1.165, 1.54) is 19.3 Å². The van der Waals surface area contributed by atoms with Gasteiger partial charge in [-0.15, -0.1) is 0 Å². The van der Waals surface area contributed by atoms with Gasteiger partial charge in [-0.1, -0.05) is 57.6 Å². The summed E-state index contributed by atoms with van der Waals surface area (Å²) >= 11 is 0. The van der Waals surface area contributed by atoms with E-state index in [2.05, 4.69) is 28.6 Å². The maximum Gasteiger partial charge on any atom is 0.227 e. The van der Waals surface area contributed by atoms with Gasteiger partial charge in [-0.2, -0.15) is 0 Å². The minimum Gasteiger partial charge on any atom is -0.355 e. The molecule has 2 atom stereocenters. The average molecular weight is 472 g/mol. The quantitative estimate of drug-likeness (QED) is 0.337. The minimum absolute atomic E-state index is 0.120. The molecule has 2 amide bonds. The molecule has 5 heteroatoms. The highest BCUT2D eigenvalue weighted by Crippen LogP contribution is 2.32. The normalized spacial score (nSPS) is 21.4. The van der Waals surface area contributed by atoms with Crippen molar-refractivity contribution in [2.45, 2.75) is 71.1 Å². The van der Waals surface area contributed by atoms with Crippen LogP contribution < -0.4 is 10.6 Å². The molecule has 2 unspecified atom stereocenters. The molecule has 2 saturated carbocycles. The average Bonchev–Trinajstić information content (AvgIpc) is 3.09. The molecule has 2 aliphatic carbocycles. The van der Waals surface area contributed by atoms with E-state index in [1.54, 1.807) is 0 Å². The number of amides is 2. The van der Waals surface area contributed by atoms with Crippen LogP contribution in [-0.4, -0.2) is 16.8 Å². The predicted molar refractivity (Wildman–Crippen MR) is 143 cm³/mol. The van der Waals surface area contributed by atoms with Gasteiger partial charge in [-0.25, -0.2) is 0 Å². The number of aromatic amines is 1. The highest BCUT2D eigenvalue weighted by Gasteiger charge is 2.27. The number of carbonyl (C=O) groups excluding carboxylic acids is 2. The van der Waals surface area contributed by atoms with Gasteiger partial charge in [0.25, 0.3) is 0 Å². The van der Waals surface area contributed by atoms with Gasteiger partial charge in [-0.3, -0.25) is 9.59 Å². The summed E-state index contributed by atoms with van der Waals surface area (Å²) in [4.78, 5) is 29.0. The number of aromatic nitrogens is 1. The first-order valence-corrected chi connectivity index (χ1v) is 13.4. The first-order chi connectivity index (χ1) is 17.1. The molecule has 1 heterocycles. The van der Waals surface area contributed by atoms with Crippen molar-refractivity contribution in [2.75, 3.05) is 10.6 Å². The molecule has 3 N–H and O–H groups in total. The Morgan fingerprint density at radius 3 is 2.14 bits per heavy atom. The SMILES string of the molecule is CC1CCCCC1C(=O)Nc1ccc(-c2cc3cc(NC(=O)C4CCCCCC4)ccc3[nH]2)cc1. The van der Waals surface area contributed by atoms with Crippen LogP contribution in [-0.2, 0) is 9.59 Å². The number of rotatable bonds is 5. The van der Waals surface area contributed by atoms with Crippen molar-refractivity contribution in [1.29, 1.82) is 0 Å². The molecule has 184 valence electrons. The Morgan fingerprint density at radius 2 is 1.40 bits per heavy atom. The summed E-state index contributed by atoms with van der Waals surface area (Å²) in [6.45, 7) is 2.19. The van der Waals surface area contributed by atoms with Crippen LogP contribution in [0.5, 0.6) is 0 Å². The summed E-state index contributed by atoms with van der Waals surface area (Å²) in [6, 6.07) is 16.2. The van der Waals surface area contributed by atoms with Crippen LogP contribution in [0.1, 0.15) is 71.1 Å². The van der Waals surface area contributed by atoms with Crippen LogP contribution in [0.4, 0.5) is 11.4 Å². The second kappa shape index (κ2) is 10.7.